The molecule has 0 heterocycles. The maximum Gasteiger partial charge on any atom is 0.0702 e. The fourth-order valence-electron chi connectivity index (χ4n) is 2.14. The zero-order valence-corrected chi connectivity index (χ0v) is 12.6. The first kappa shape index (κ1) is 14.1. The van der Waals surface area contributed by atoms with Crippen LogP contribution in [0.3, 0.4) is 0 Å². The van der Waals surface area contributed by atoms with Crippen LogP contribution in [0, 0.1) is 0 Å². The van der Waals surface area contributed by atoms with Crippen molar-refractivity contribution in [2.24, 2.45) is 0 Å². The van der Waals surface area contributed by atoms with Crippen LogP contribution in [0.1, 0.15) is 18.1 Å². The summed E-state index contributed by atoms with van der Waals surface area (Å²) in [6, 6.07) is 16.4. The lowest BCUT2D eigenvalue weighted by atomic mass is 10.1. The standard InChI is InChI=1S/C16H18BrNO/c1-2-18(11-13-6-4-3-5-7-13)16-10-15(17)9-8-14(16)12-19/h3-10,19H,2,11-12H2,1H3. The van der Waals surface area contributed by atoms with Crippen LogP contribution >= 0.6 is 15.9 Å². The molecule has 0 bridgehead atoms. The molecule has 2 aromatic rings. The molecule has 100 valence electrons. The van der Waals surface area contributed by atoms with Gasteiger partial charge in [0.25, 0.3) is 0 Å². The van der Waals surface area contributed by atoms with E-state index in [0.717, 1.165) is 28.8 Å². The van der Waals surface area contributed by atoms with Crippen LogP contribution < -0.4 is 4.90 Å². The summed E-state index contributed by atoms with van der Waals surface area (Å²) in [5.41, 5.74) is 3.32. The molecule has 1 N–H and O–H groups in total. The van der Waals surface area contributed by atoms with Gasteiger partial charge >= 0.3 is 0 Å². The maximum atomic E-state index is 9.48. The highest BCUT2D eigenvalue weighted by atomic mass is 79.9. The van der Waals surface area contributed by atoms with Crippen molar-refractivity contribution >= 4 is 21.6 Å². The second-order valence-electron chi connectivity index (χ2n) is 4.43. The van der Waals surface area contributed by atoms with Gasteiger partial charge in [0.2, 0.25) is 0 Å². The number of rotatable bonds is 5. The fourth-order valence-corrected chi connectivity index (χ4v) is 2.49. The normalized spacial score (nSPS) is 10.5. The minimum absolute atomic E-state index is 0.0634. The number of halogens is 1. The molecule has 2 nitrogen and oxygen atoms in total. The van der Waals surface area contributed by atoms with Crippen LogP contribution in [-0.2, 0) is 13.2 Å². The Hall–Kier alpha value is -1.32. The van der Waals surface area contributed by atoms with Gasteiger partial charge in [-0.1, -0.05) is 52.3 Å². The van der Waals surface area contributed by atoms with Gasteiger partial charge in [-0.25, -0.2) is 0 Å². The average Bonchev–Trinajstić information content (AvgIpc) is 2.46. The Morgan fingerprint density at radius 3 is 2.47 bits per heavy atom. The molecule has 0 aliphatic heterocycles. The highest BCUT2D eigenvalue weighted by molar-refractivity contribution is 9.10. The van der Waals surface area contributed by atoms with Gasteiger partial charge < -0.3 is 10.0 Å². The number of hydrogen-bond donors (Lipinski definition) is 1. The van der Waals surface area contributed by atoms with Crippen molar-refractivity contribution < 1.29 is 5.11 Å². The Labute approximate surface area is 122 Å². The third-order valence-corrected chi connectivity index (χ3v) is 3.65. The topological polar surface area (TPSA) is 23.5 Å². The van der Waals surface area contributed by atoms with Crippen molar-refractivity contribution in [3.8, 4) is 0 Å². The molecule has 19 heavy (non-hydrogen) atoms. The Bertz CT molecular complexity index is 528. The maximum absolute atomic E-state index is 9.48. The molecule has 2 aromatic carbocycles. The van der Waals surface area contributed by atoms with Crippen LogP contribution in [0.4, 0.5) is 5.69 Å². The summed E-state index contributed by atoms with van der Waals surface area (Å²) in [5.74, 6) is 0. The van der Waals surface area contributed by atoms with E-state index in [1.807, 2.05) is 18.2 Å². The Balaban J connectivity index is 2.29. The third kappa shape index (κ3) is 3.58. The lowest BCUT2D eigenvalue weighted by Gasteiger charge is -2.25. The van der Waals surface area contributed by atoms with Crippen molar-refractivity contribution in [2.75, 3.05) is 11.4 Å². The molecule has 0 saturated carbocycles. The van der Waals surface area contributed by atoms with E-state index in [4.69, 9.17) is 0 Å². The van der Waals surface area contributed by atoms with Gasteiger partial charge in [0.05, 0.1) is 6.61 Å². The molecule has 0 saturated heterocycles. The van der Waals surface area contributed by atoms with E-state index < -0.39 is 0 Å². The largest absolute Gasteiger partial charge is 0.392 e. The molecule has 0 atom stereocenters. The van der Waals surface area contributed by atoms with Crippen molar-refractivity contribution in [2.45, 2.75) is 20.1 Å². The Kier molecular flexibility index (Phi) is 5.00. The molecule has 3 heteroatoms. The van der Waals surface area contributed by atoms with E-state index in [1.165, 1.54) is 5.56 Å². The van der Waals surface area contributed by atoms with Crippen LogP contribution in [-0.4, -0.2) is 11.7 Å². The van der Waals surface area contributed by atoms with Crippen molar-refractivity contribution in [1.82, 2.24) is 0 Å². The predicted molar refractivity (Wildman–Crippen MR) is 83.2 cm³/mol. The minimum Gasteiger partial charge on any atom is -0.392 e. The molecule has 2 rings (SSSR count). The molecule has 0 fully saturated rings. The van der Waals surface area contributed by atoms with Crippen molar-refractivity contribution in [3.63, 3.8) is 0 Å². The van der Waals surface area contributed by atoms with E-state index in [2.05, 4.69) is 58.1 Å². The van der Waals surface area contributed by atoms with E-state index >= 15 is 0 Å². The van der Waals surface area contributed by atoms with Crippen molar-refractivity contribution in [3.05, 3.63) is 64.1 Å². The van der Waals surface area contributed by atoms with Crippen LogP contribution in [0.2, 0.25) is 0 Å². The van der Waals surface area contributed by atoms with Crippen LogP contribution in [0.5, 0.6) is 0 Å². The summed E-state index contributed by atoms with van der Waals surface area (Å²) in [4.78, 5) is 2.27. The number of benzene rings is 2. The van der Waals surface area contributed by atoms with Crippen molar-refractivity contribution in [1.29, 1.82) is 0 Å². The van der Waals surface area contributed by atoms with Gasteiger partial charge in [0.1, 0.15) is 0 Å². The van der Waals surface area contributed by atoms with Gasteiger partial charge in [-0.3, -0.25) is 0 Å². The molecule has 0 aromatic heterocycles. The molecular weight excluding hydrogens is 302 g/mol. The Morgan fingerprint density at radius 1 is 1.11 bits per heavy atom. The summed E-state index contributed by atoms with van der Waals surface area (Å²) in [6.07, 6.45) is 0. The van der Waals surface area contributed by atoms with Gasteiger partial charge in [0.15, 0.2) is 0 Å². The second-order valence-corrected chi connectivity index (χ2v) is 5.35. The lowest BCUT2D eigenvalue weighted by Crippen LogP contribution is -2.23. The molecular formula is C16H18BrNO. The molecule has 0 aliphatic carbocycles. The highest BCUT2D eigenvalue weighted by Crippen LogP contribution is 2.26. The molecule has 0 amide bonds. The van der Waals surface area contributed by atoms with Gasteiger partial charge in [-0.05, 0) is 24.6 Å². The van der Waals surface area contributed by atoms with Gasteiger partial charge in [-0.2, -0.15) is 0 Å². The van der Waals surface area contributed by atoms with E-state index in [0.29, 0.717) is 0 Å². The number of aliphatic hydroxyl groups is 1. The zero-order valence-electron chi connectivity index (χ0n) is 11.0. The smallest absolute Gasteiger partial charge is 0.0702 e. The highest BCUT2D eigenvalue weighted by Gasteiger charge is 2.10. The third-order valence-electron chi connectivity index (χ3n) is 3.16. The quantitative estimate of drug-likeness (QED) is 0.901. The number of anilines is 1. The monoisotopic (exact) mass is 319 g/mol. The molecule has 0 aliphatic rings. The summed E-state index contributed by atoms with van der Waals surface area (Å²) >= 11 is 3.50. The number of nitrogens with zero attached hydrogens (tertiary/aromatic N) is 1. The summed E-state index contributed by atoms with van der Waals surface area (Å²) in [6.45, 7) is 3.94. The molecule has 0 spiro atoms. The average molecular weight is 320 g/mol. The second kappa shape index (κ2) is 6.73. The first-order chi connectivity index (χ1) is 9.24. The summed E-state index contributed by atoms with van der Waals surface area (Å²) < 4.78 is 1.03. The molecule has 0 radical (unpaired) electrons. The van der Waals surface area contributed by atoms with Crippen LogP contribution in [0.25, 0.3) is 0 Å². The van der Waals surface area contributed by atoms with E-state index in [9.17, 15) is 5.11 Å². The first-order valence-corrected chi connectivity index (χ1v) is 7.22. The van der Waals surface area contributed by atoms with Crippen LogP contribution in [0.15, 0.2) is 53.0 Å². The first-order valence-electron chi connectivity index (χ1n) is 6.42. The lowest BCUT2D eigenvalue weighted by molar-refractivity contribution is 0.282. The number of aliphatic hydroxyl groups excluding tert-OH is 1. The minimum atomic E-state index is 0.0634. The van der Waals surface area contributed by atoms with E-state index in [-0.39, 0.29) is 6.61 Å². The van der Waals surface area contributed by atoms with Gasteiger partial charge in [-0.15, -0.1) is 0 Å². The number of hydrogen-bond acceptors (Lipinski definition) is 2. The van der Waals surface area contributed by atoms with E-state index in [1.54, 1.807) is 0 Å². The summed E-state index contributed by atoms with van der Waals surface area (Å²) in [7, 11) is 0. The Morgan fingerprint density at radius 2 is 1.84 bits per heavy atom. The molecule has 0 unspecified atom stereocenters. The SMILES string of the molecule is CCN(Cc1ccccc1)c1cc(Br)ccc1CO. The summed E-state index contributed by atoms with van der Waals surface area (Å²) in [5, 5.41) is 9.48. The van der Waals surface area contributed by atoms with Gasteiger partial charge in [0, 0.05) is 28.8 Å². The zero-order chi connectivity index (χ0) is 13.7. The fraction of sp³-hybridized carbons (Fsp3) is 0.250. The predicted octanol–water partition coefficient (Wildman–Crippen LogP) is 3.97.